The van der Waals surface area contributed by atoms with E-state index >= 15 is 0 Å². The number of aryl methyl sites for hydroxylation is 1. The summed E-state index contributed by atoms with van der Waals surface area (Å²) in [7, 11) is -3.73. The van der Waals surface area contributed by atoms with E-state index in [0.29, 0.717) is 19.0 Å². The Morgan fingerprint density at radius 1 is 1.03 bits per heavy atom. The van der Waals surface area contributed by atoms with Gasteiger partial charge in [-0.2, -0.15) is 4.31 Å². The van der Waals surface area contributed by atoms with Gasteiger partial charge < -0.3 is 10.2 Å². The van der Waals surface area contributed by atoms with Gasteiger partial charge in [-0.15, -0.1) is 0 Å². The van der Waals surface area contributed by atoms with Gasteiger partial charge >= 0.3 is 0 Å². The predicted molar refractivity (Wildman–Crippen MR) is 123 cm³/mol. The topological polar surface area (TPSA) is 69.7 Å². The Balaban J connectivity index is 1.81. The molecule has 2 aromatic rings. The van der Waals surface area contributed by atoms with Crippen LogP contribution in [0, 0.1) is 6.92 Å². The molecule has 0 unspecified atom stereocenters. The smallest absolute Gasteiger partial charge is 0.243 e. The van der Waals surface area contributed by atoms with Crippen LogP contribution in [-0.2, 0) is 21.4 Å². The van der Waals surface area contributed by atoms with Crippen molar-refractivity contribution in [1.29, 1.82) is 0 Å². The minimum atomic E-state index is -3.73. The van der Waals surface area contributed by atoms with Crippen LogP contribution in [0.25, 0.3) is 0 Å². The van der Waals surface area contributed by atoms with Crippen LogP contribution < -0.4 is 5.32 Å². The number of rotatable bonds is 8. The van der Waals surface area contributed by atoms with E-state index in [9.17, 15) is 13.2 Å². The highest BCUT2D eigenvalue weighted by Gasteiger charge is 2.26. The van der Waals surface area contributed by atoms with Gasteiger partial charge in [0, 0.05) is 45.7 Å². The number of hydrogen-bond donors (Lipinski definition) is 1. The van der Waals surface area contributed by atoms with Crippen LogP contribution in [0.2, 0.25) is 0 Å². The summed E-state index contributed by atoms with van der Waals surface area (Å²) >= 11 is 0. The van der Waals surface area contributed by atoms with Crippen LogP contribution in [0.4, 0.5) is 0 Å². The number of piperazine rings is 1. The van der Waals surface area contributed by atoms with Crippen molar-refractivity contribution in [3.8, 4) is 0 Å². The lowest BCUT2D eigenvalue weighted by Gasteiger charge is -2.29. The Morgan fingerprint density at radius 3 is 2.23 bits per heavy atom. The number of hydrogen-bond acceptors (Lipinski definition) is 4. The quantitative estimate of drug-likeness (QED) is 0.681. The van der Waals surface area contributed by atoms with Crippen molar-refractivity contribution in [2.24, 2.45) is 0 Å². The zero-order chi connectivity index (χ0) is 22.4. The molecule has 3 rings (SSSR count). The van der Waals surface area contributed by atoms with E-state index in [-0.39, 0.29) is 30.3 Å². The summed E-state index contributed by atoms with van der Waals surface area (Å²) in [4.78, 5) is 14.7. The summed E-state index contributed by atoms with van der Waals surface area (Å²) in [5.41, 5.74) is 3.12. The van der Waals surface area contributed by atoms with Gasteiger partial charge in [0.05, 0.1) is 4.90 Å². The molecule has 0 radical (unpaired) electrons. The molecule has 7 heteroatoms. The molecule has 1 fully saturated rings. The molecule has 1 aliphatic heterocycles. The lowest BCUT2D eigenvalue weighted by molar-refractivity contribution is -0.131. The standard InChI is InChI=1S/C24H33N3O3S/c1-19(2)22-8-10-23(11-9-22)31(29,30)27(18-21-6-4-20(3)5-7-21)15-12-24(28)26-16-13-25-14-17-26/h4-11,19,25H,12-18H2,1-3H3. The van der Waals surface area contributed by atoms with E-state index < -0.39 is 10.0 Å². The van der Waals surface area contributed by atoms with Crippen molar-refractivity contribution in [2.45, 2.75) is 44.6 Å². The summed E-state index contributed by atoms with van der Waals surface area (Å²) in [5.74, 6) is 0.331. The number of amides is 1. The number of sulfonamides is 1. The molecule has 1 N–H and O–H groups in total. The Labute approximate surface area is 186 Å². The maximum Gasteiger partial charge on any atom is 0.243 e. The SMILES string of the molecule is Cc1ccc(CN(CCC(=O)N2CCNCC2)S(=O)(=O)c2ccc(C(C)C)cc2)cc1. The van der Waals surface area contributed by atoms with E-state index in [1.807, 2.05) is 48.2 Å². The Bertz CT molecular complexity index is 964. The van der Waals surface area contributed by atoms with Gasteiger partial charge in [-0.25, -0.2) is 8.42 Å². The molecule has 168 valence electrons. The van der Waals surface area contributed by atoms with Crippen molar-refractivity contribution in [1.82, 2.24) is 14.5 Å². The molecular formula is C24H33N3O3S. The number of nitrogens with one attached hydrogen (secondary N) is 1. The zero-order valence-corrected chi connectivity index (χ0v) is 19.5. The summed E-state index contributed by atoms with van der Waals surface area (Å²) < 4.78 is 28.4. The van der Waals surface area contributed by atoms with Crippen LogP contribution >= 0.6 is 0 Å². The highest BCUT2D eigenvalue weighted by Crippen LogP contribution is 2.22. The normalized spacial score (nSPS) is 14.9. The summed E-state index contributed by atoms with van der Waals surface area (Å²) in [5, 5.41) is 3.23. The molecule has 1 saturated heterocycles. The first kappa shape index (κ1) is 23.4. The second kappa shape index (κ2) is 10.4. The van der Waals surface area contributed by atoms with Gasteiger partial charge in [-0.3, -0.25) is 4.79 Å². The maximum atomic E-state index is 13.5. The van der Waals surface area contributed by atoms with Crippen LogP contribution in [-0.4, -0.2) is 56.3 Å². The lowest BCUT2D eigenvalue weighted by atomic mass is 10.0. The predicted octanol–water partition coefficient (Wildman–Crippen LogP) is 3.13. The van der Waals surface area contributed by atoms with Gasteiger partial charge in [0.15, 0.2) is 0 Å². The van der Waals surface area contributed by atoms with E-state index in [2.05, 4.69) is 19.2 Å². The fourth-order valence-electron chi connectivity index (χ4n) is 3.65. The van der Waals surface area contributed by atoms with Crippen molar-refractivity contribution in [3.05, 3.63) is 65.2 Å². The third-order valence-corrected chi connectivity index (χ3v) is 7.57. The molecule has 0 bridgehead atoms. The molecule has 0 aliphatic carbocycles. The molecule has 0 spiro atoms. The third-order valence-electron chi connectivity index (χ3n) is 5.71. The second-order valence-corrected chi connectivity index (χ2v) is 10.4. The fourth-order valence-corrected chi connectivity index (χ4v) is 5.08. The lowest BCUT2D eigenvalue weighted by Crippen LogP contribution is -2.47. The molecule has 2 aromatic carbocycles. The number of carbonyl (C=O) groups excluding carboxylic acids is 1. The average molecular weight is 444 g/mol. The van der Waals surface area contributed by atoms with E-state index in [1.54, 1.807) is 12.1 Å². The minimum absolute atomic E-state index is 0.000705. The van der Waals surface area contributed by atoms with Gasteiger partial charge in [0.25, 0.3) is 0 Å². The summed E-state index contributed by atoms with van der Waals surface area (Å²) in [6, 6.07) is 14.9. The molecule has 6 nitrogen and oxygen atoms in total. The second-order valence-electron chi connectivity index (χ2n) is 8.43. The number of carbonyl (C=O) groups is 1. The zero-order valence-electron chi connectivity index (χ0n) is 18.7. The Morgan fingerprint density at radius 2 is 1.65 bits per heavy atom. The highest BCUT2D eigenvalue weighted by molar-refractivity contribution is 7.89. The van der Waals surface area contributed by atoms with E-state index in [1.165, 1.54) is 4.31 Å². The fraction of sp³-hybridized carbons (Fsp3) is 0.458. The van der Waals surface area contributed by atoms with Crippen molar-refractivity contribution in [2.75, 3.05) is 32.7 Å². The molecule has 0 atom stereocenters. The Hall–Kier alpha value is -2.22. The van der Waals surface area contributed by atoms with E-state index in [4.69, 9.17) is 0 Å². The van der Waals surface area contributed by atoms with Crippen LogP contribution in [0.15, 0.2) is 53.4 Å². The van der Waals surface area contributed by atoms with E-state index in [0.717, 1.165) is 29.8 Å². The van der Waals surface area contributed by atoms with Crippen molar-refractivity contribution < 1.29 is 13.2 Å². The summed E-state index contributed by atoms with van der Waals surface area (Å²) in [6.07, 6.45) is 0.176. The summed E-state index contributed by atoms with van der Waals surface area (Å²) in [6.45, 7) is 9.44. The number of nitrogens with zero attached hydrogens (tertiary/aromatic N) is 2. The van der Waals surface area contributed by atoms with Gasteiger partial charge in [-0.05, 0) is 36.1 Å². The maximum absolute atomic E-state index is 13.5. The molecule has 0 saturated carbocycles. The van der Waals surface area contributed by atoms with Gasteiger partial charge in [0.1, 0.15) is 0 Å². The molecule has 1 aliphatic rings. The highest BCUT2D eigenvalue weighted by atomic mass is 32.2. The number of benzene rings is 2. The van der Waals surface area contributed by atoms with Crippen LogP contribution in [0.5, 0.6) is 0 Å². The van der Waals surface area contributed by atoms with Crippen molar-refractivity contribution in [3.63, 3.8) is 0 Å². The Kier molecular flexibility index (Phi) is 7.86. The first-order valence-corrected chi connectivity index (χ1v) is 12.4. The first-order chi connectivity index (χ1) is 14.8. The van der Waals surface area contributed by atoms with Gasteiger partial charge in [-0.1, -0.05) is 55.8 Å². The van der Waals surface area contributed by atoms with Crippen LogP contribution in [0.1, 0.15) is 42.9 Å². The molecule has 31 heavy (non-hydrogen) atoms. The van der Waals surface area contributed by atoms with Gasteiger partial charge in [0.2, 0.25) is 15.9 Å². The molecule has 0 aromatic heterocycles. The molecule has 1 heterocycles. The minimum Gasteiger partial charge on any atom is -0.340 e. The first-order valence-electron chi connectivity index (χ1n) is 10.9. The molecule has 1 amide bonds. The monoisotopic (exact) mass is 443 g/mol. The average Bonchev–Trinajstić information content (AvgIpc) is 2.78. The van der Waals surface area contributed by atoms with Crippen molar-refractivity contribution >= 4 is 15.9 Å². The largest absolute Gasteiger partial charge is 0.340 e. The molecular weight excluding hydrogens is 410 g/mol. The van der Waals surface area contributed by atoms with Crippen LogP contribution in [0.3, 0.4) is 0 Å². The third kappa shape index (κ3) is 6.15.